The predicted molar refractivity (Wildman–Crippen MR) is 28.0 cm³/mol. The van der Waals surface area contributed by atoms with Crippen LogP contribution in [0.5, 0.6) is 0 Å². The summed E-state index contributed by atoms with van der Waals surface area (Å²) in [5, 5.41) is 24.1. The fourth-order valence-corrected chi connectivity index (χ4v) is 0.249. The third-order valence-corrected chi connectivity index (χ3v) is 0.686. The van der Waals surface area contributed by atoms with Crippen LogP contribution < -0.4 is 29.6 Å². The van der Waals surface area contributed by atoms with E-state index in [1.54, 1.807) is 0 Å². The van der Waals surface area contributed by atoms with Gasteiger partial charge in [0.15, 0.2) is 11.3 Å². The zero-order chi connectivity index (χ0) is 8.15. The van der Waals surface area contributed by atoms with Crippen LogP contribution in [0.15, 0.2) is 11.3 Å². The average Bonchev–Trinajstić information content (AvgIpc) is 1.90. The summed E-state index contributed by atoms with van der Waals surface area (Å²) in [7, 11) is 0. The van der Waals surface area contributed by atoms with Crippen molar-refractivity contribution in [2.45, 2.75) is 6.43 Å². The summed E-state index contributed by atoms with van der Waals surface area (Å²) in [6.07, 6.45) is -3.16. The molecule has 0 atom stereocenters. The van der Waals surface area contributed by atoms with Crippen LogP contribution in [0.4, 0.5) is 8.78 Å². The summed E-state index contributed by atoms with van der Waals surface area (Å²) in [4.78, 5) is 0. The minimum Gasteiger partial charge on any atom is -1.00 e. The Morgan fingerprint density at radius 2 is 1.73 bits per heavy atom. The van der Waals surface area contributed by atoms with Gasteiger partial charge in [-0.25, -0.2) is 8.78 Å². The van der Waals surface area contributed by atoms with Gasteiger partial charge in [-0.15, -0.1) is 0 Å². The molecular formula is C5H3F2N2NaO. The minimum atomic E-state index is -3.16. The summed E-state index contributed by atoms with van der Waals surface area (Å²) in [6, 6.07) is 2.24. The van der Waals surface area contributed by atoms with Gasteiger partial charge in [0.05, 0.1) is 0 Å². The van der Waals surface area contributed by atoms with Crippen LogP contribution in [-0.4, -0.2) is 11.5 Å². The van der Waals surface area contributed by atoms with Crippen LogP contribution in [0.25, 0.3) is 0 Å². The Labute approximate surface area is 85.3 Å². The second-order valence-electron chi connectivity index (χ2n) is 1.28. The van der Waals surface area contributed by atoms with Gasteiger partial charge >= 0.3 is 29.6 Å². The minimum absolute atomic E-state index is 0. The van der Waals surface area contributed by atoms with E-state index in [0.717, 1.165) is 12.1 Å². The number of aliphatic hydroxyl groups is 1. The molecule has 11 heavy (non-hydrogen) atoms. The molecule has 0 rings (SSSR count). The SMILES string of the molecule is N#CC(C#N)=C(O)C(F)F.[H-].[Na+]. The van der Waals surface area contributed by atoms with Gasteiger partial charge in [0, 0.05) is 0 Å². The van der Waals surface area contributed by atoms with Gasteiger partial charge < -0.3 is 6.53 Å². The first-order chi connectivity index (χ1) is 4.63. The first-order valence-corrected chi connectivity index (χ1v) is 2.15. The number of hydrogen-bond acceptors (Lipinski definition) is 3. The fraction of sp³-hybridized carbons (Fsp3) is 0.200. The van der Waals surface area contributed by atoms with Crippen molar-refractivity contribution in [3.63, 3.8) is 0 Å². The van der Waals surface area contributed by atoms with E-state index < -0.39 is 17.8 Å². The van der Waals surface area contributed by atoms with E-state index >= 15 is 0 Å². The molecule has 0 aromatic carbocycles. The fourth-order valence-electron chi connectivity index (χ4n) is 0.249. The summed E-state index contributed by atoms with van der Waals surface area (Å²) in [6.45, 7) is 0. The third-order valence-electron chi connectivity index (χ3n) is 0.686. The zero-order valence-electron chi connectivity index (χ0n) is 6.67. The number of halogens is 2. The van der Waals surface area contributed by atoms with Crippen molar-refractivity contribution in [3.05, 3.63) is 11.3 Å². The number of allylic oxidation sites excluding steroid dienone is 2. The predicted octanol–water partition coefficient (Wildman–Crippen LogP) is -1.77. The maximum Gasteiger partial charge on any atom is 1.00 e. The summed E-state index contributed by atoms with van der Waals surface area (Å²) >= 11 is 0. The molecule has 0 aliphatic heterocycles. The molecule has 0 bridgehead atoms. The van der Waals surface area contributed by atoms with Crippen molar-refractivity contribution < 1.29 is 44.9 Å². The van der Waals surface area contributed by atoms with Gasteiger partial charge in [0.25, 0.3) is 6.43 Å². The Bertz CT molecular complexity index is 227. The Balaban J connectivity index is -0.000000405. The Morgan fingerprint density at radius 3 is 1.82 bits per heavy atom. The summed E-state index contributed by atoms with van der Waals surface area (Å²) in [5.41, 5.74) is -0.949. The van der Waals surface area contributed by atoms with Crippen molar-refractivity contribution in [2.24, 2.45) is 0 Å². The number of aliphatic hydroxyl groups excluding tert-OH is 1. The quantitative estimate of drug-likeness (QED) is 0.286. The Hall–Kier alpha value is -0.620. The van der Waals surface area contributed by atoms with Crippen LogP contribution in [0, 0.1) is 22.7 Å². The van der Waals surface area contributed by atoms with E-state index in [1.807, 2.05) is 0 Å². The van der Waals surface area contributed by atoms with Crippen molar-refractivity contribution in [2.75, 3.05) is 0 Å². The molecular weight excluding hydrogens is 165 g/mol. The number of nitriles is 2. The van der Waals surface area contributed by atoms with E-state index in [2.05, 4.69) is 0 Å². The van der Waals surface area contributed by atoms with E-state index in [1.165, 1.54) is 0 Å². The molecule has 0 heterocycles. The van der Waals surface area contributed by atoms with Gasteiger partial charge in [-0.1, -0.05) is 0 Å². The van der Waals surface area contributed by atoms with E-state index in [4.69, 9.17) is 15.6 Å². The second-order valence-corrected chi connectivity index (χ2v) is 1.28. The van der Waals surface area contributed by atoms with Gasteiger partial charge in [-0.2, -0.15) is 10.5 Å². The molecule has 0 fully saturated rings. The first kappa shape index (κ1) is 13.0. The van der Waals surface area contributed by atoms with E-state index in [-0.39, 0.29) is 31.0 Å². The maximum atomic E-state index is 11.4. The largest absolute Gasteiger partial charge is 1.00 e. The standard InChI is InChI=1S/C5H2F2N2O.Na.H/c6-5(7)4(10)3(1-8)2-9;;/h5,10H;;/q;+1;-1. The molecule has 3 nitrogen and oxygen atoms in total. The molecule has 0 saturated heterocycles. The number of rotatable bonds is 1. The van der Waals surface area contributed by atoms with Crippen molar-refractivity contribution in [1.82, 2.24) is 0 Å². The van der Waals surface area contributed by atoms with Gasteiger partial charge in [-0.3, -0.25) is 0 Å². The molecule has 0 aliphatic rings. The van der Waals surface area contributed by atoms with E-state index in [9.17, 15) is 8.78 Å². The molecule has 0 spiro atoms. The molecule has 1 N–H and O–H groups in total. The third kappa shape index (κ3) is 3.94. The summed E-state index contributed by atoms with van der Waals surface area (Å²) in [5.74, 6) is -1.47. The van der Waals surface area contributed by atoms with Gasteiger partial charge in [0.2, 0.25) is 0 Å². The number of nitrogens with zero attached hydrogens (tertiary/aromatic N) is 2. The molecule has 0 radical (unpaired) electrons. The normalized spacial score (nSPS) is 7.36. The molecule has 0 aliphatic carbocycles. The second kappa shape index (κ2) is 6.11. The van der Waals surface area contributed by atoms with Gasteiger partial charge in [-0.05, 0) is 0 Å². The first-order valence-electron chi connectivity index (χ1n) is 2.15. The van der Waals surface area contributed by atoms with Crippen LogP contribution in [0.3, 0.4) is 0 Å². The van der Waals surface area contributed by atoms with Crippen molar-refractivity contribution in [1.29, 1.82) is 10.5 Å². The Morgan fingerprint density at radius 1 is 1.36 bits per heavy atom. The topological polar surface area (TPSA) is 67.8 Å². The Kier molecular flexibility index (Phi) is 7.23. The molecule has 0 amide bonds. The molecule has 0 aromatic rings. The maximum absolute atomic E-state index is 11.4. The van der Waals surface area contributed by atoms with Crippen LogP contribution >= 0.6 is 0 Å². The van der Waals surface area contributed by atoms with Crippen molar-refractivity contribution in [3.8, 4) is 12.1 Å². The van der Waals surface area contributed by atoms with Crippen molar-refractivity contribution >= 4 is 0 Å². The molecule has 0 saturated carbocycles. The number of alkyl halides is 2. The van der Waals surface area contributed by atoms with E-state index in [0.29, 0.717) is 0 Å². The molecule has 0 aromatic heterocycles. The molecule has 6 heteroatoms. The van der Waals surface area contributed by atoms with Crippen LogP contribution in [0.2, 0.25) is 0 Å². The van der Waals surface area contributed by atoms with Gasteiger partial charge in [0.1, 0.15) is 12.1 Å². The smallest absolute Gasteiger partial charge is 1.00 e. The molecule has 54 valence electrons. The monoisotopic (exact) mass is 168 g/mol. The zero-order valence-corrected chi connectivity index (χ0v) is 7.67. The summed E-state index contributed by atoms with van der Waals surface area (Å²) < 4.78 is 22.9. The molecule has 0 unspecified atom stereocenters. The van der Waals surface area contributed by atoms with Crippen LogP contribution in [0.1, 0.15) is 1.43 Å². The average molecular weight is 168 g/mol. The van der Waals surface area contributed by atoms with Crippen LogP contribution in [-0.2, 0) is 0 Å². The number of hydrogen-bond donors (Lipinski definition) is 1.